The Morgan fingerprint density at radius 3 is 1.87 bits per heavy atom. The molecule has 0 saturated heterocycles. The van der Waals surface area contributed by atoms with Crippen LogP contribution < -0.4 is 0 Å². The van der Waals surface area contributed by atoms with Gasteiger partial charge in [-0.2, -0.15) is 0 Å². The largest absolute Gasteiger partial charge is 0.106 e. The van der Waals surface area contributed by atoms with Crippen molar-refractivity contribution in [2.75, 3.05) is 0 Å². The third-order valence-corrected chi connectivity index (χ3v) is 4.65. The Morgan fingerprint density at radius 1 is 0.968 bits per heavy atom. The number of benzene rings is 1. The normalized spacial score (nSPS) is 13.6. The zero-order valence-corrected chi connectivity index (χ0v) is 22.4. The van der Waals surface area contributed by atoms with Crippen LogP contribution >= 0.6 is 0 Å². The van der Waals surface area contributed by atoms with Crippen LogP contribution in [-0.4, -0.2) is 0 Å². The maximum atomic E-state index is 4.37. The van der Waals surface area contributed by atoms with Crippen molar-refractivity contribution in [3.05, 3.63) is 96.2 Å². The van der Waals surface area contributed by atoms with Crippen molar-refractivity contribution in [1.29, 1.82) is 0 Å². The van der Waals surface area contributed by atoms with E-state index in [9.17, 15) is 0 Å². The second kappa shape index (κ2) is 22.6. The van der Waals surface area contributed by atoms with Gasteiger partial charge in [-0.3, -0.25) is 0 Å². The van der Waals surface area contributed by atoms with E-state index in [-0.39, 0.29) is 0 Å². The Hall–Kier alpha value is -2.08. The molecule has 0 spiro atoms. The summed E-state index contributed by atoms with van der Waals surface area (Å²) in [5.74, 6) is 0.651. The number of allylic oxidation sites excluding steroid dienone is 6. The Bertz CT molecular complexity index is 650. The predicted molar refractivity (Wildman–Crippen MR) is 148 cm³/mol. The van der Waals surface area contributed by atoms with E-state index in [1.807, 2.05) is 34.6 Å². The summed E-state index contributed by atoms with van der Waals surface area (Å²) in [6.45, 7) is 32.6. The first kappa shape index (κ1) is 33.6. The topological polar surface area (TPSA) is 0 Å². The molecular formula is C31H52. The lowest BCUT2D eigenvalue weighted by Gasteiger charge is -2.27. The Morgan fingerprint density at radius 2 is 1.48 bits per heavy atom. The van der Waals surface area contributed by atoms with E-state index in [0.29, 0.717) is 5.92 Å². The van der Waals surface area contributed by atoms with Crippen molar-refractivity contribution in [2.45, 2.75) is 94.4 Å². The van der Waals surface area contributed by atoms with Gasteiger partial charge in [0.2, 0.25) is 0 Å². The molecule has 0 nitrogen and oxygen atoms in total. The van der Waals surface area contributed by atoms with Crippen LogP contribution in [0.2, 0.25) is 0 Å². The molecule has 0 amide bonds. The summed E-state index contributed by atoms with van der Waals surface area (Å²) < 4.78 is 0. The lowest BCUT2D eigenvalue weighted by Crippen LogP contribution is -2.16. The van der Waals surface area contributed by atoms with E-state index in [2.05, 4.69) is 90.4 Å². The Balaban J connectivity index is -0.000000508. The lowest BCUT2D eigenvalue weighted by molar-refractivity contribution is 0.528. The molecule has 0 bridgehead atoms. The van der Waals surface area contributed by atoms with Gasteiger partial charge in [-0.25, -0.2) is 0 Å². The fourth-order valence-electron chi connectivity index (χ4n) is 3.51. The predicted octanol–water partition coefficient (Wildman–Crippen LogP) is 10.5. The first-order valence-electron chi connectivity index (χ1n) is 12.1. The van der Waals surface area contributed by atoms with Gasteiger partial charge >= 0.3 is 0 Å². The summed E-state index contributed by atoms with van der Waals surface area (Å²) in [4.78, 5) is 0. The van der Waals surface area contributed by atoms with Gasteiger partial charge in [-0.15, -0.1) is 13.2 Å². The molecule has 1 unspecified atom stereocenters. The SMILES string of the molecule is C=C.C=C(/C(=C/C)CCC)C1CCc2ccccc2C1.C=C(C)C=C(C)C.CC.CC. The number of rotatable bonds is 5. The molecule has 0 aliphatic heterocycles. The van der Waals surface area contributed by atoms with E-state index in [0.717, 1.165) is 5.57 Å². The van der Waals surface area contributed by atoms with Crippen molar-refractivity contribution in [1.82, 2.24) is 0 Å². The third-order valence-electron chi connectivity index (χ3n) is 4.65. The van der Waals surface area contributed by atoms with Gasteiger partial charge in [0, 0.05) is 0 Å². The molecule has 1 atom stereocenters. The van der Waals surface area contributed by atoms with Crippen LogP contribution in [-0.2, 0) is 12.8 Å². The van der Waals surface area contributed by atoms with Crippen molar-refractivity contribution < 1.29 is 0 Å². The smallest absolute Gasteiger partial charge is 0.0121 e. The molecular weight excluding hydrogens is 372 g/mol. The minimum atomic E-state index is 0.651. The number of hydrogen-bond acceptors (Lipinski definition) is 0. The van der Waals surface area contributed by atoms with Crippen LogP contribution in [0.15, 0.2) is 85.0 Å². The van der Waals surface area contributed by atoms with Crippen LogP contribution in [0.5, 0.6) is 0 Å². The molecule has 1 aromatic carbocycles. The van der Waals surface area contributed by atoms with Crippen LogP contribution in [0.4, 0.5) is 0 Å². The number of hydrogen-bond donors (Lipinski definition) is 0. The Labute approximate surface area is 196 Å². The van der Waals surface area contributed by atoms with Gasteiger partial charge in [0.25, 0.3) is 0 Å². The highest BCUT2D eigenvalue weighted by atomic mass is 14.3. The standard InChI is InChI=1S/C18H24.C7H12.2C2H6.C2H4/c1-4-8-15(5-2)14(3)17-12-11-16-9-6-7-10-18(16)13-17;1-6(2)5-7(3)4;3*1-2/h5-7,9-10,17H,3-4,8,11-13H2,1-2H3;5H,1H2,2-4H3;2*1-2H3;1-2H2/b15-5+;;;;. The molecule has 2 rings (SSSR count). The van der Waals surface area contributed by atoms with Crippen LogP contribution in [0.3, 0.4) is 0 Å². The molecule has 176 valence electrons. The third kappa shape index (κ3) is 15.4. The second-order valence-corrected chi connectivity index (χ2v) is 7.37. The molecule has 0 heterocycles. The van der Waals surface area contributed by atoms with Crippen molar-refractivity contribution >= 4 is 0 Å². The maximum Gasteiger partial charge on any atom is -0.0121 e. The van der Waals surface area contributed by atoms with Crippen molar-refractivity contribution in [2.24, 2.45) is 5.92 Å². The molecule has 0 radical (unpaired) electrons. The average Bonchev–Trinajstić information content (AvgIpc) is 2.80. The minimum absolute atomic E-state index is 0.651. The minimum Gasteiger partial charge on any atom is -0.106 e. The van der Waals surface area contributed by atoms with Crippen LogP contribution in [0, 0.1) is 5.92 Å². The van der Waals surface area contributed by atoms with Gasteiger partial charge in [0.15, 0.2) is 0 Å². The molecule has 31 heavy (non-hydrogen) atoms. The van der Waals surface area contributed by atoms with Gasteiger partial charge in [-0.1, -0.05) is 102 Å². The summed E-state index contributed by atoms with van der Waals surface area (Å²) >= 11 is 0. The second-order valence-electron chi connectivity index (χ2n) is 7.37. The van der Waals surface area contributed by atoms with E-state index in [1.165, 1.54) is 54.4 Å². The summed E-state index contributed by atoms with van der Waals surface area (Å²) in [5.41, 5.74) is 8.36. The van der Waals surface area contributed by atoms with Gasteiger partial charge in [0.1, 0.15) is 0 Å². The summed E-state index contributed by atoms with van der Waals surface area (Å²) in [5, 5.41) is 0. The van der Waals surface area contributed by atoms with Crippen molar-refractivity contribution in [3.63, 3.8) is 0 Å². The number of fused-ring (bicyclic) bond motifs is 1. The maximum absolute atomic E-state index is 4.37. The molecule has 1 aliphatic rings. The van der Waals surface area contributed by atoms with Crippen LogP contribution in [0.25, 0.3) is 0 Å². The Kier molecular flexibility index (Phi) is 24.5. The van der Waals surface area contributed by atoms with E-state index < -0.39 is 0 Å². The van der Waals surface area contributed by atoms with Gasteiger partial charge in [-0.05, 0) is 81.6 Å². The van der Waals surface area contributed by atoms with E-state index >= 15 is 0 Å². The fourth-order valence-corrected chi connectivity index (χ4v) is 3.51. The molecule has 0 heteroatoms. The molecule has 1 aliphatic carbocycles. The average molecular weight is 425 g/mol. The molecule has 0 fully saturated rings. The van der Waals surface area contributed by atoms with E-state index in [1.54, 1.807) is 5.56 Å². The highest BCUT2D eigenvalue weighted by Crippen LogP contribution is 2.33. The lowest BCUT2D eigenvalue weighted by atomic mass is 9.77. The zero-order chi connectivity index (χ0) is 24.8. The number of aryl methyl sites for hydroxylation is 1. The molecule has 0 saturated carbocycles. The molecule has 0 aromatic heterocycles. The fraction of sp³-hybridized carbons (Fsp3) is 0.484. The highest BCUT2D eigenvalue weighted by Gasteiger charge is 2.21. The van der Waals surface area contributed by atoms with Gasteiger partial charge < -0.3 is 0 Å². The highest BCUT2D eigenvalue weighted by molar-refractivity contribution is 5.36. The van der Waals surface area contributed by atoms with E-state index in [4.69, 9.17) is 0 Å². The monoisotopic (exact) mass is 424 g/mol. The van der Waals surface area contributed by atoms with Crippen LogP contribution in [0.1, 0.15) is 92.7 Å². The zero-order valence-electron chi connectivity index (χ0n) is 22.4. The van der Waals surface area contributed by atoms with Gasteiger partial charge in [0.05, 0.1) is 0 Å². The summed E-state index contributed by atoms with van der Waals surface area (Å²) in [6, 6.07) is 8.87. The van der Waals surface area contributed by atoms with Crippen molar-refractivity contribution in [3.8, 4) is 0 Å². The molecule has 0 N–H and O–H groups in total. The molecule has 1 aromatic rings. The summed E-state index contributed by atoms with van der Waals surface area (Å²) in [7, 11) is 0. The first-order chi connectivity index (χ1) is 14.9. The quantitative estimate of drug-likeness (QED) is 0.325. The first-order valence-corrected chi connectivity index (χ1v) is 12.1. The summed E-state index contributed by atoms with van der Waals surface area (Å²) in [6.07, 6.45) is 10.3.